The van der Waals surface area contributed by atoms with Crippen molar-refractivity contribution >= 4 is 17.7 Å². The van der Waals surface area contributed by atoms with Gasteiger partial charge < -0.3 is 5.32 Å². The second-order valence-corrected chi connectivity index (χ2v) is 7.40. The summed E-state index contributed by atoms with van der Waals surface area (Å²) in [5, 5.41) is 2.92. The fourth-order valence-electron chi connectivity index (χ4n) is 3.61. The van der Waals surface area contributed by atoms with E-state index in [1.807, 2.05) is 26.0 Å². The van der Waals surface area contributed by atoms with Gasteiger partial charge in [-0.2, -0.15) is 13.2 Å². The molecule has 0 spiro atoms. The molecule has 1 N–H and O–H groups in total. The monoisotopic (exact) mass is 377 g/mol. The van der Waals surface area contributed by atoms with Crippen molar-refractivity contribution in [2.75, 3.05) is 10.2 Å². The van der Waals surface area contributed by atoms with Crippen LogP contribution >= 0.6 is 0 Å². The van der Waals surface area contributed by atoms with Crippen LogP contribution in [0.2, 0.25) is 0 Å². The van der Waals surface area contributed by atoms with Crippen molar-refractivity contribution in [2.45, 2.75) is 50.4 Å². The van der Waals surface area contributed by atoms with Crippen LogP contribution in [-0.2, 0) is 16.4 Å². The van der Waals surface area contributed by atoms with Gasteiger partial charge in [0.1, 0.15) is 11.5 Å². The Bertz CT molecular complexity index is 893. The van der Waals surface area contributed by atoms with Gasteiger partial charge in [-0.05, 0) is 38.8 Å². The molecule has 0 aromatic carbocycles. The lowest BCUT2D eigenvalue weighted by Crippen LogP contribution is -2.53. The quantitative estimate of drug-likeness (QED) is 0.890. The van der Waals surface area contributed by atoms with Gasteiger partial charge in [0.25, 0.3) is 0 Å². The van der Waals surface area contributed by atoms with Gasteiger partial charge in [-0.1, -0.05) is 6.07 Å². The topological polar surface area (TPSA) is 71.0 Å². The standard InChI is InChI=1S/C18H18F3N5O/c1-17(2)12-4-3-6-22-14(12)26(15(17)27)11-8-10(9-11)24-16-23-7-5-13(25-16)18(19,20)21/h3-7,10-11H,8-9H2,1-2H3,(H,23,24,25)/t10-,11-. The van der Waals surface area contributed by atoms with E-state index in [2.05, 4.69) is 20.3 Å². The van der Waals surface area contributed by atoms with Crippen LogP contribution in [0.3, 0.4) is 0 Å². The summed E-state index contributed by atoms with van der Waals surface area (Å²) in [6, 6.07) is 4.42. The molecule has 2 aliphatic rings. The molecule has 1 saturated carbocycles. The summed E-state index contributed by atoms with van der Waals surface area (Å²) in [6.45, 7) is 3.75. The van der Waals surface area contributed by atoms with Crippen LogP contribution in [-0.4, -0.2) is 32.9 Å². The first-order chi connectivity index (χ1) is 12.7. The molecule has 1 aliphatic carbocycles. The van der Waals surface area contributed by atoms with E-state index in [-0.39, 0.29) is 23.9 Å². The second-order valence-electron chi connectivity index (χ2n) is 7.40. The number of hydrogen-bond acceptors (Lipinski definition) is 5. The van der Waals surface area contributed by atoms with Crippen molar-refractivity contribution in [2.24, 2.45) is 0 Å². The molecule has 0 saturated heterocycles. The molecule has 1 aliphatic heterocycles. The maximum Gasteiger partial charge on any atom is 0.433 e. The Morgan fingerprint density at radius 2 is 1.93 bits per heavy atom. The van der Waals surface area contributed by atoms with Gasteiger partial charge in [0, 0.05) is 30.0 Å². The van der Waals surface area contributed by atoms with Gasteiger partial charge in [-0.25, -0.2) is 15.0 Å². The summed E-state index contributed by atoms with van der Waals surface area (Å²) in [5.74, 6) is 0.612. The number of fused-ring (bicyclic) bond motifs is 1. The first kappa shape index (κ1) is 17.7. The number of pyridine rings is 1. The van der Waals surface area contributed by atoms with Gasteiger partial charge in [0.15, 0.2) is 0 Å². The fourth-order valence-corrected chi connectivity index (χ4v) is 3.61. The summed E-state index contributed by atoms with van der Waals surface area (Å²) < 4.78 is 38.3. The molecule has 142 valence electrons. The number of halogens is 3. The summed E-state index contributed by atoms with van der Waals surface area (Å²) in [6.07, 6.45) is -0.578. The Balaban J connectivity index is 1.46. The minimum absolute atomic E-state index is 0.00466. The first-order valence-corrected chi connectivity index (χ1v) is 8.64. The largest absolute Gasteiger partial charge is 0.433 e. The smallest absolute Gasteiger partial charge is 0.351 e. The molecular formula is C18H18F3N5O. The third kappa shape index (κ3) is 2.90. The van der Waals surface area contributed by atoms with Gasteiger partial charge >= 0.3 is 6.18 Å². The third-order valence-electron chi connectivity index (χ3n) is 5.20. The van der Waals surface area contributed by atoms with E-state index >= 15 is 0 Å². The SMILES string of the molecule is CC1(C)C(=O)N([C@H]2C[C@H](Nc3nccc(C(F)(F)F)n3)C2)c2ncccc21. The van der Waals surface area contributed by atoms with Crippen LogP contribution in [0.4, 0.5) is 24.9 Å². The minimum Gasteiger partial charge on any atom is -0.351 e. The molecule has 3 heterocycles. The molecule has 0 atom stereocenters. The summed E-state index contributed by atoms with van der Waals surface area (Å²) in [5.41, 5.74) is -0.718. The highest BCUT2D eigenvalue weighted by atomic mass is 19.4. The van der Waals surface area contributed by atoms with Crippen molar-refractivity contribution in [1.82, 2.24) is 15.0 Å². The predicted octanol–water partition coefficient (Wildman–Crippen LogP) is 3.16. The molecular weight excluding hydrogens is 359 g/mol. The average Bonchev–Trinajstić information content (AvgIpc) is 2.78. The molecule has 9 heteroatoms. The van der Waals surface area contributed by atoms with Crippen LogP contribution in [0.25, 0.3) is 0 Å². The van der Waals surface area contributed by atoms with Crippen LogP contribution in [0, 0.1) is 0 Å². The lowest BCUT2D eigenvalue weighted by molar-refractivity contribution is -0.141. The van der Waals surface area contributed by atoms with Gasteiger partial charge in [-0.3, -0.25) is 9.69 Å². The molecule has 0 unspecified atom stereocenters. The van der Waals surface area contributed by atoms with E-state index < -0.39 is 17.3 Å². The molecule has 1 fully saturated rings. The number of nitrogens with zero attached hydrogens (tertiary/aromatic N) is 4. The fraction of sp³-hybridized carbons (Fsp3) is 0.444. The van der Waals surface area contributed by atoms with E-state index in [0.717, 1.165) is 17.8 Å². The van der Waals surface area contributed by atoms with Gasteiger partial charge in [-0.15, -0.1) is 0 Å². The highest BCUT2D eigenvalue weighted by Gasteiger charge is 2.50. The zero-order valence-corrected chi connectivity index (χ0v) is 14.8. The van der Waals surface area contributed by atoms with Gasteiger partial charge in [0.2, 0.25) is 11.9 Å². The maximum atomic E-state index is 12.9. The zero-order valence-electron chi connectivity index (χ0n) is 14.8. The minimum atomic E-state index is -4.51. The number of nitrogens with one attached hydrogen (secondary N) is 1. The molecule has 6 nitrogen and oxygen atoms in total. The normalized spacial score (nSPS) is 23.7. The lowest BCUT2D eigenvalue weighted by atomic mass is 9.84. The van der Waals surface area contributed by atoms with Crippen LogP contribution in [0.1, 0.15) is 37.9 Å². The van der Waals surface area contributed by atoms with Crippen LogP contribution < -0.4 is 10.2 Å². The van der Waals surface area contributed by atoms with Gasteiger partial charge in [0.05, 0.1) is 5.41 Å². The summed E-state index contributed by atoms with van der Waals surface area (Å²) in [7, 11) is 0. The van der Waals surface area contributed by atoms with E-state index in [9.17, 15) is 18.0 Å². The molecule has 2 aromatic heterocycles. The molecule has 2 aromatic rings. The van der Waals surface area contributed by atoms with Crippen LogP contribution in [0.15, 0.2) is 30.6 Å². The number of rotatable bonds is 3. The number of carbonyl (C=O) groups excluding carboxylic acids is 1. The van der Waals surface area contributed by atoms with E-state index in [4.69, 9.17) is 0 Å². The molecule has 0 bridgehead atoms. The maximum absolute atomic E-state index is 12.9. The first-order valence-electron chi connectivity index (χ1n) is 8.64. The van der Waals surface area contributed by atoms with Crippen molar-refractivity contribution in [3.05, 3.63) is 41.9 Å². The molecule has 1 amide bonds. The Labute approximate surface area is 153 Å². The number of aromatic nitrogens is 3. The average molecular weight is 377 g/mol. The van der Waals surface area contributed by atoms with Crippen molar-refractivity contribution in [3.63, 3.8) is 0 Å². The zero-order chi connectivity index (χ0) is 19.4. The Kier molecular flexibility index (Phi) is 3.87. The summed E-state index contributed by atoms with van der Waals surface area (Å²) in [4.78, 5) is 26.3. The van der Waals surface area contributed by atoms with Crippen molar-refractivity contribution in [3.8, 4) is 0 Å². The van der Waals surface area contributed by atoms with Crippen molar-refractivity contribution < 1.29 is 18.0 Å². The lowest BCUT2D eigenvalue weighted by Gasteiger charge is -2.41. The Morgan fingerprint density at radius 3 is 2.63 bits per heavy atom. The molecule has 0 radical (unpaired) electrons. The molecule has 27 heavy (non-hydrogen) atoms. The van der Waals surface area contributed by atoms with E-state index in [1.54, 1.807) is 11.1 Å². The van der Waals surface area contributed by atoms with Crippen LogP contribution in [0.5, 0.6) is 0 Å². The number of alkyl halides is 3. The number of hydrogen-bond donors (Lipinski definition) is 1. The Hall–Kier alpha value is -2.71. The third-order valence-corrected chi connectivity index (χ3v) is 5.20. The van der Waals surface area contributed by atoms with E-state index in [0.29, 0.717) is 18.7 Å². The Morgan fingerprint density at radius 1 is 1.19 bits per heavy atom. The van der Waals surface area contributed by atoms with E-state index in [1.165, 1.54) is 0 Å². The highest BCUT2D eigenvalue weighted by molar-refractivity contribution is 6.07. The van der Waals surface area contributed by atoms with Crippen molar-refractivity contribution in [1.29, 1.82) is 0 Å². The number of amides is 1. The second kappa shape index (κ2) is 5.90. The number of carbonyl (C=O) groups is 1. The summed E-state index contributed by atoms with van der Waals surface area (Å²) >= 11 is 0. The molecule has 4 rings (SSSR count). The predicted molar refractivity (Wildman–Crippen MR) is 92.2 cm³/mol. The highest BCUT2D eigenvalue weighted by Crippen LogP contribution is 2.44. The number of anilines is 2.